The van der Waals surface area contributed by atoms with Crippen LogP contribution in [0.2, 0.25) is 0 Å². The Morgan fingerprint density at radius 1 is 1.27 bits per heavy atom. The van der Waals surface area contributed by atoms with Crippen LogP contribution in [0.4, 0.5) is 17.1 Å². The number of nitrogens with one attached hydrogen (secondary N) is 1. The number of anilines is 1. The SMILES string of the molecule is O=[N+]([O-])c1ccc(N/N=C2\CCOC[C@H]3C[C@H]23)c([N+](=O)[O-])c1. The van der Waals surface area contributed by atoms with E-state index >= 15 is 0 Å². The van der Waals surface area contributed by atoms with Crippen molar-refractivity contribution in [2.24, 2.45) is 16.9 Å². The van der Waals surface area contributed by atoms with Crippen molar-refractivity contribution >= 4 is 22.8 Å². The molecule has 1 aromatic rings. The normalized spacial score (nSPS) is 25.2. The molecule has 3 rings (SSSR count). The number of fused-ring (bicyclic) bond motifs is 1. The number of benzene rings is 1. The molecule has 0 radical (unpaired) electrons. The maximum Gasteiger partial charge on any atom is 0.301 e. The van der Waals surface area contributed by atoms with Gasteiger partial charge in [-0.2, -0.15) is 5.10 Å². The molecule has 9 nitrogen and oxygen atoms in total. The van der Waals surface area contributed by atoms with Gasteiger partial charge in [0, 0.05) is 24.1 Å². The highest BCUT2D eigenvalue weighted by Crippen LogP contribution is 2.42. The second-order valence-corrected chi connectivity index (χ2v) is 5.36. The molecule has 1 N–H and O–H groups in total. The number of hydrogen-bond acceptors (Lipinski definition) is 7. The van der Waals surface area contributed by atoms with Crippen molar-refractivity contribution in [2.45, 2.75) is 12.8 Å². The highest BCUT2D eigenvalue weighted by atomic mass is 16.6. The Morgan fingerprint density at radius 2 is 2.09 bits per heavy atom. The number of rotatable bonds is 4. The van der Waals surface area contributed by atoms with E-state index in [9.17, 15) is 20.2 Å². The molecule has 1 saturated heterocycles. The molecule has 1 aromatic carbocycles. The Labute approximate surface area is 125 Å². The van der Waals surface area contributed by atoms with Crippen molar-refractivity contribution in [3.05, 3.63) is 38.4 Å². The van der Waals surface area contributed by atoms with Gasteiger partial charge in [-0.25, -0.2) is 0 Å². The number of ether oxygens (including phenoxy) is 1. The maximum atomic E-state index is 11.0. The third-order valence-corrected chi connectivity index (χ3v) is 3.89. The van der Waals surface area contributed by atoms with E-state index < -0.39 is 9.85 Å². The standard InChI is InChI=1S/C13H14N4O5/c18-16(19)9-1-2-12(13(6-9)17(20)21)15-14-11-3-4-22-7-8-5-10(8)11/h1-2,6,8,10,15H,3-5,7H2/b14-11+/t8-,10+/m1/s1. The first-order valence-electron chi connectivity index (χ1n) is 6.89. The van der Waals surface area contributed by atoms with Crippen LogP contribution in [0.5, 0.6) is 0 Å². The first-order chi connectivity index (χ1) is 10.6. The van der Waals surface area contributed by atoms with Gasteiger partial charge in [-0.1, -0.05) is 0 Å². The molecule has 1 heterocycles. The van der Waals surface area contributed by atoms with Crippen LogP contribution in [0.25, 0.3) is 0 Å². The van der Waals surface area contributed by atoms with Crippen LogP contribution in [0.3, 0.4) is 0 Å². The van der Waals surface area contributed by atoms with E-state index in [1.54, 1.807) is 0 Å². The molecule has 0 aromatic heterocycles. The lowest BCUT2D eigenvalue weighted by Gasteiger charge is -2.05. The fourth-order valence-electron chi connectivity index (χ4n) is 2.59. The second-order valence-electron chi connectivity index (χ2n) is 5.36. The van der Waals surface area contributed by atoms with Crippen molar-refractivity contribution in [2.75, 3.05) is 18.6 Å². The van der Waals surface area contributed by atoms with Gasteiger partial charge in [0.1, 0.15) is 5.69 Å². The molecular weight excluding hydrogens is 292 g/mol. The summed E-state index contributed by atoms with van der Waals surface area (Å²) in [4.78, 5) is 20.4. The molecule has 0 bridgehead atoms. The molecular formula is C13H14N4O5. The topological polar surface area (TPSA) is 120 Å². The number of nitro groups is 2. The number of nitro benzene ring substituents is 2. The summed E-state index contributed by atoms with van der Waals surface area (Å²) >= 11 is 0. The molecule has 0 unspecified atom stereocenters. The zero-order valence-electron chi connectivity index (χ0n) is 11.6. The lowest BCUT2D eigenvalue weighted by Crippen LogP contribution is -2.07. The van der Waals surface area contributed by atoms with Gasteiger partial charge in [-0.05, 0) is 18.4 Å². The Balaban J connectivity index is 1.82. The Hall–Kier alpha value is -2.55. The Kier molecular flexibility index (Phi) is 3.72. The van der Waals surface area contributed by atoms with Gasteiger partial charge < -0.3 is 4.74 Å². The van der Waals surface area contributed by atoms with Gasteiger partial charge >= 0.3 is 5.69 Å². The molecule has 1 aliphatic heterocycles. The van der Waals surface area contributed by atoms with Crippen molar-refractivity contribution in [3.63, 3.8) is 0 Å². The summed E-state index contributed by atoms with van der Waals surface area (Å²) in [6.45, 7) is 1.33. The van der Waals surface area contributed by atoms with Gasteiger partial charge in [0.2, 0.25) is 0 Å². The number of hydrogen-bond donors (Lipinski definition) is 1. The van der Waals surface area contributed by atoms with E-state index in [2.05, 4.69) is 10.5 Å². The maximum absolute atomic E-state index is 11.0. The average Bonchev–Trinajstić information content (AvgIpc) is 3.25. The van der Waals surface area contributed by atoms with Crippen LogP contribution >= 0.6 is 0 Å². The summed E-state index contributed by atoms with van der Waals surface area (Å²) < 4.78 is 5.44. The minimum absolute atomic E-state index is 0.144. The Morgan fingerprint density at radius 3 is 2.82 bits per heavy atom. The lowest BCUT2D eigenvalue weighted by atomic mass is 10.2. The molecule has 2 aliphatic rings. The molecule has 0 spiro atoms. The lowest BCUT2D eigenvalue weighted by molar-refractivity contribution is -0.393. The molecule has 1 saturated carbocycles. The number of hydrazone groups is 1. The average molecular weight is 306 g/mol. The third-order valence-electron chi connectivity index (χ3n) is 3.89. The van der Waals surface area contributed by atoms with E-state index in [-0.39, 0.29) is 17.1 Å². The van der Waals surface area contributed by atoms with Crippen LogP contribution in [0, 0.1) is 32.1 Å². The van der Waals surface area contributed by atoms with Crippen molar-refractivity contribution in [1.82, 2.24) is 0 Å². The van der Waals surface area contributed by atoms with Crippen molar-refractivity contribution in [1.29, 1.82) is 0 Å². The van der Waals surface area contributed by atoms with Crippen LogP contribution < -0.4 is 5.43 Å². The van der Waals surface area contributed by atoms with E-state index in [1.807, 2.05) is 0 Å². The molecule has 9 heteroatoms. The first kappa shape index (κ1) is 14.4. The fraction of sp³-hybridized carbons (Fsp3) is 0.462. The fourth-order valence-corrected chi connectivity index (χ4v) is 2.59. The van der Waals surface area contributed by atoms with E-state index in [0.717, 1.165) is 24.8 Å². The summed E-state index contributed by atoms with van der Waals surface area (Å²) in [5.74, 6) is 0.877. The highest BCUT2D eigenvalue weighted by molar-refractivity contribution is 5.90. The van der Waals surface area contributed by atoms with E-state index in [4.69, 9.17) is 4.74 Å². The van der Waals surface area contributed by atoms with E-state index in [1.165, 1.54) is 12.1 Å². The first-order valence-corrected chi connectivity index (χ1v) is 6.89. The number of nitrogens with zero attached hydrogens (tertiary/aromatic N) is 3. The van der Waals surface area contributed by atoms with Gasteiger partial charge in [0.15, 0.2) is 0 Å². The van der Waals surface area contributed by atoms with Gasteiger partial charge in [0.25, 0.3) is 5.69 Å². The van der Waals surface area contributed by atoms with Crippen LogP contribution in [0.1, 0.15) is 12.8 Å². The third kappa shape index (κ3) is 2.89. The predicted molar refractivity (Wildman–Crippen MR) is 77.8 cm³/mol. The molecule has 0 amide bonds. The van der Waals surface area contributed by atoms with Crippen molar-refractivity contribution < 1.29 is 14.6 Å². The number of non-ortho nitro benzene ring substituents is 1. The summed E-state index contributed by atoms with van der Waals surface area (Å²) in [6.07, 6.45) is 1.72. The Bertz CT molecular complexity index is 660. The van der Waals surface area contributed by atoms with Gasteiger partial charge in [0.05, 0.1) is 29.1 Å². The van der Waals surface area contributed by atoms with Gasteiger partial charge in [-0.15, -0.1) is 0 Å². The minimum Gasteiger partial charge on any atom is -0.381 e. The van der Waals surface area contributed by atoms with E-state index in [0.29, 0.717) is 24.9 Å². The quantitative estimate of drug-likeness (QED) is 0.673. The largest absolute Gasteiger partial charge is 0.381 e. The summed E-state index contributed by atoms with van der Waals surface area (Å²) in [6, 6.07) is 3.45. The van der Waals surface area contributed by atoms with Crippen LogP contribution in [-0.4, -0.2) is 28.8 Å². The van der Waals surface area contributed by atoms with Crippen molar-refractivity contribution in [3.8, 4) is 0 Å². The monoisotopic (exact) mass is 306 g/mol. The molecule has 1 aliphatic carbocycles. The molecule has 116 valence electrons. The molecule has 22 heavy (non-hydrogen) atoms. The zero-order valence-corrected chi connectivity index (χ0v) is 11.6. The van der Waals surface area contributed by atoms with Gasteiger partial charge in [-0.3, -0.25) is 25.7 Å². The smallest absolute Gasteiger partial charge is 0.301 e. The minimum atomic E-state index is -0.667. The zero-order chi connectivity index (χ0) is 15.7. The van der Waals surface area contributed by atoms with Crippen LogP contribution in [-0.2, 0) is 4.74 Å². The van der Waals surface area contributed by atoms with Crippen LogP contribution in [0.15, 0.2) is 23.3 Å². The molecule has 2 fully saturated rings. The summed E-state index contributed by atoms with van der Waals surface area (Å²) in [5, 5.41) is 26.0. The highest BCUT2D eigenvalue weighted by Gasteiger charge is 2.42. The summed E-state index contributed by atoms with van der Waals surface area (Å²) in [5.41, 5.74) is 3.08. The second kappa shape index (κ2) is 5.68. The molecule has 2 atom stereocenters. The predicted octanol–water partition coefficient (Wildman–Crippen LogP) is 2.33. The summed E-state index contributed by atoms with van der Waals surface area (Å²) in [7, 11) is 0.